The van der Waals surface area contributed by atoms with Crippen LogP contribution in [0.4, 0.5) is 0 Å². The molecule has 8 heteroatoms. The summed E-state index contributed by atoms with van der Waals surface area (Å²) in [5.74, 6) is -2.63. The van der Waals surface area contributed by atoms with E-state index in [1.807, 2.05) is 0 Å². The van der Waals surface area contributed by atoms with Gasteiger partial charge in [0.2, 0.25) is 11.6 Å². The third kappa shape index (κ3) is 9.07. The summed E-state index contributed by atoms with van der Waals surface area (Å²) in [5.41, 5.74) is 6.53. The number of carbonyl (C=O) groups is 6. The minimum absolute atomic E-state index is 0.00415. The lowest BCUT2D eigenvalue weighted by Crippen LogP contribution is -2.29. The monoisotopic (exact) mass is 656 g/mol. The minimum atomic E-state index is -0.817. The molecule has 248 valence electrons. The molecule has 0 amide bonds. The van der Waals surface area contributed by atoms with Gasteiger partial charge in [-0.1, -0.05) is 74.4 Å². The summed E-state index contributed by atoms with van der Waals surface area (Å²) in [7, 11) is 1.63. The summed E-state index contributed by atoms with van der Waals surface area (Å²) >= 11 is 0. The fraction of sp³-hybridized carbons (Fsp3) is 0.171. The molecular formula is C41H36O8. The van der Waals surface area contributed by atoms with Crippen LogP contribution in [0.15, 0.2) is 166 Å². The zero-order valence-electron chi connectivity index (χ0n) is 27.3. The van der Waals surface area contributed by atoms with Gasteiger partial charge in [-0.05, 0) is 61.6 Å². The van der Waals surface area contributed by atoms with E-state index in [1.54, 1.807) is 80.0 Å². The van der Waals surface area contributed by atoms with Crippen molar-refractivity contribution in [3.63, 3.8) is 0 Å². The van der Waals surface area contributed by atoms with E-state index in [2.05, 4.69) is 31.2 Å². The molecule has 0 N–H and O–H groups in total. The Bertz CT molecular complexity index is 1870. The number of aldehydes is 1. The van der Waals surface area contributed by atoms with E-state index in [0.29, 0.717) is 24.9 Å². The first-order chi connectivity index (χ1) is 23.8. The lowest BCUT2D eigenvalue weighted by Gasteiger charge is -2.21. The highest BCUT2D eigenvalue weighted by molar-refractivity contribution is 6.37. The molecule has 0 aromatic rings. The van der Waals surface area contributed by atoms with E-state index in [1.165, 1.54) is 12.2 Å². The molecule has 0 saturated heterocycles. The number of hydrogen-bond acceptors (Lipinski definition) is 8. The van der Waals surface area contributed by atoms with Gasteiger partial charge in [-0.2, -0.15) is 0 Å². The standard InChI is InChI=1S/C24H24O5.C17H12O3/c1-4-18-19(5-2)23(26)21(24(27)29-16-12-8-11-15-28-3)20(22(18)25)17-13-9-6-7-10-14-17;1-2-3-5-8-14-15(11-18)17(20)13-10-7-4-6-9-12(13)16(14)19/h4-6,9-10,13-14H,1-2,8,11-12,15-16H2,3H3;2-7,9,11H,1,8H2/b;5-3-. The van der Waals surface area contributed by atoms with Crippen molar-refractivity contribution in [3.05, 3.63) is 166 Å². The SMILES string of the molecule is C=C/C=C\CC1=C(C=O)C(=O)C2=C=CC=CC=C2C1=O.C=CC1=C(C=C)C(=O)C(C2=CC=C=CC=C2)=C(C(=O)OCCCCCOC)C1=O. The van der Waals surface area contributed by atoms with Crippen LogP contribution in [0.5, 0.6) is 0 Å². The molecule has 0 fully saturated rings. The number of rotatable bonds is 14. The van der Waals surface area contributed by atoms with E-state index in [0.717, 1.165) is 12.8 Å². The molecule has 0 unspecified atom stereocenters. The number of ether oxygens (including phenoxy) is 2. The minimum Gasteiger partial charge on any atom is -0.462 e. The number of allylic oxidation sites excluding steroid dienone is 20. The fourth-order valence-corrected chi connectivity index (χ4v) is 5.04. The molecular weight excluding hydrogens is 620 g/mol. The van der Waals surface area contributed by atoms with Crippen molar-refractivity contribution in [2.24, 2.45) is 0 Å². The maximum absolute atomic E-state index is 13.1. The summed E-state index contributed by atoms with van der Waals surface area (Å²) in [6.07, 6.45) is 25.2. The zero-order valence-corrected chi connectivity index (χ0v) is 27.3. The quantitative estimate of drug-likeness (QED) is 0.0424. The van der Waals surface area contributed by atoms with Crippen LogP contribution in [-0.2, 0) is 38.2 Å². The Kier molecular flexibility index (Phi) is 14.5. The van der Waals surface area contributed by atoms with Crippen molar-refractivity contribution < 1.29 is 38.2 Å². The molecule has 0 heterocycles. The van der Waals surface area contributed by atoms with Gasteiger partial charge in [0, 0.05) is 41.6 Å². The van der Waals surface area contributed by atoms with Gasteiger partial charge in [0.25, 0.3) is 0 Å². The van der Waals surface area contributed by atoms with Crippen LogP contribution in [0.1, 0.15) is 25.7 Å². The molecule has 49 heavy (non-hydrogen) atoms. The third-order valence-electron chi connectivity index (χ3n) is 7.43. The van der Waals surface area contributed by atoms with E-state index in [9.17, 15) is 28.8 Å². The highest BCUT2D eigenvalue weighted by Crippen LogP contribution is 2.33. The number of unbranched alkanes of at least 4 members (excludes halogenated alkanes) is 2. The molecule has 8 nitrogen and oxygen atoms in total. The predicted molar refractivity (Wildman–Crippen MR) is 187 cm³/mol. The van der Waals surface area contributed by atoms with Crippen molar-refractivity contribution in [2.45, 2.75) is 25.7 Å². The van der Waals surface area contributed by atoms with Gasteiger partial charge >= 0.3 is 5.97 Å². The average Bonchev–Trinajstić information content (AvgIpc) is 3.53. The largest absolute Gasteiger partial charge is 0.462 e. The van der Waals surface area contributed by atoms with Crippen LogP contribution in [0.25, 0.3) is 0 Å². The number of ketones is 4. The smallest absolute Gasteiger partial charge is 0.342 e. The first-order valence-electron chi connectivity index (χ1n) is 15.4. The van der Waals surface area contributed by atoms with Crippen molar-refractivity contribution in [2.75, 3.05) is 20.3 Å². The maximum Gasteiger partial charge on any atom is 0.342 e. The second-order valence-electron chi connectivity index (χ2n) is 10.5. The highest BCUT2D eigenvalue weighted by Gasteiger charge is 2.38. The summed E-state index contributed by atoms with van der Waals surface area (Å²) in [6.45, 7) is 11.5. The Hall–Kier alpha value is -6.04. The molecule has 0 atom stereocenters. The third-order valence-corrected chi connectivity index (χ3v) is 7.43. The molecule has 0 bridgehead atoms. The van der Waals surface area contributed by atoms with Crippen molar-refractivity contribution in [3.8, 4) is 0 Å². The molecule has 0 aromatic heterocycles. The molecule has 4 aliphatic carbocycles. The molecule has 4 aliphatic rings. The number of Topliss-reactive ketones (excluding diaryl/α,β-unsaturated/α-hetero) is 4. The number of methoxy groups -OCH3 is 1. The van der Waals surface area contributed by atoms with Crippen LogP contribution in [-0.4, -0.2) is 55.7 Å². The Morgan fingerprint density at radius 1 is 0.816 bits per heavy atom. The first kappa shape index (κ1) is 37.4. The van der Waals surface area contributed by atoms with E-state index < -0.39 is 23.3 Å². The van der Waals surface area contributed by atoms with Crippen molar-refractivity contribution >= 4 is 35.4 Å². The molecule has 4 rings (SSSR count). The predicted octanol–water partition coefficient (Wildman–Crippen LogP) is 6.01. The van der Waals surface area contributed by atoms with Crippen LogP contribution >= 0.6 is 0 Å². The first-order valence-corrected chi connectivity index (χ1v) is 15.4. The summed E-state index contributed by atoms with van der Waals surface area (Å²) in [5, 5.41) is 0. The van der Waals surface area contributed by atoms with Gasteiger partial charge in [0.15, 0.2) is 17.9 Å². The van der Waals surface area contributed by atoms with E-state index >= 15 is 0 Å². The molecule has 0 aliphatic heterocycles. The normalized spacial score (nSPS) is 16.8. The van der Waals surface area contributed by atoms with Crippen molar-refractivity contribution in [1.82, 2.24) is 0 Å². The Morgan fingerprint density at radius 3 is 2.24 bits per heavy atom. The summed E-state index contributed by atoms with van der Waals surface area (Å²) < 4.78 is 10.3. The Balaban J connectivity index is 0.000000284. The second kappa shape index (κ2) is 18.9. The Morgan fingerprint density at radius 2 is 1.55 bits per heavy atom. The van der Waals surface area contributed by atoms with Gasteiger partial charge < -0.3 is 9.47 Å². The lowest BCUT2D eigenvalue weighted by atomic mass is 9.80. The number of esters is 1. The lowest BCUT2D eigenvalue weighted by molar-refractivity contribution is -0.140. The topological polar surface area (TPSA) is 121 Å². The van der Waals surface area contributed by atoms with Crippen LogP contribution < -0.4 is 0 Å². The Labute approximate surface area is 285 Å². The number of hydrogen-bond donors (Lipinski definition) is 0. The number of carbonyl (C=O) groups excluding carboxylic acids is 6. The maximum atomic E-state index is 13.1. The van der Waals surface area contributed by atoms with Gasteiger partial charge in [0.05, 0.1) is 17.8 Å². The van der Waals surface area contributed by atoms with Crippen molar-refractivity contribution in [1.29, 1.82) is 0 Å². The molecule has 0 aromatic carbocycles. The summed E-state index contributed by atoms with van der Waals surface area (Å²) in [6, 6.07) is 0. The molecule has 0 spiro atoms. The second-order valence-corrected chi connectivity index (χ2v) is 10.5. The average molecular weight is 657 g/mol. The van der Waals surface area contributed by atoms with Gasteiger partial charge in [-0.3, -0.25) is 24.0 Å². The van der Waals surface area contributed by atoms with Gasteiger partial charge in [0.1, 0.15) is 5.57 Å². The fourth-order valence-electron chi connectivity index (χ4n) is 5.04. The van der Waals surface area contributed by atoms with Gasteiger partial charge in [-0.15, -0.1) is 11.5 Å². The van der Waals surface area contributed by atoms with E-state index in [-0.39, 0.29) is 63.4 Å². The van der Waals surface area contributed by atoms with Gasteiger partial charge in [-0.25, -0.2) is 4.79 Å². The highest BCUT2D eigenvalue weighted by atomic mass is 16.5. The molecule has 0 saturated carbocycles. The summed E-state index contributed by atoms with van der Waals surface area (Å²) in [4.78, 5) is 74.8. The van der Waals surface area contributed by atoms with Crippen LogP contribution in [0.2, 0.25) is 0 Å². The van der Waals surface area contributed by atoms with Crippen LogP contribution in [0, 0.1) is 0 Å². The van der Waals surface area contributed by atoms with Crippen LogP contribution in [0.3, 0.4) is 0 Å². The van der Waals surface area contributed by atoms with E-state index in [4.69, 9.17) is 9.47 Å². The zero-order chi connectivity index (χ0) is 35.8. The molecule has 0 radical (unpaired) electrons. The number of fused-ring (bicyclic) bond motifs is 1.